The van der Waals surface area contributed by atoms with Crippen LogP contribution in [0, 0.1) is 6.92 Å². The van der Waals surface area contributed by atoms with Crippen LogP contribution in [0.2, 0.25) is 0 Å². The van der Waals surface area contributed by atoms with Gasteiger partial charge in [-0.05, 0) is 66.6 Å². The van der Waals surface area contributed by atoms with Crippen LogP contribution in [0.3, 0.4) is 0 Å². The molecule has 0 unspecified atom stereocenters. The SMILES string of the molecule is Cc1cc(C(N)=O)nn1-c1ccc(C(C)(C)c2ccc(C3=CC[C@H](O)CC3)cc2)cc1. The largest absolute Gasteiger partial charge is 0.393 e. The third-order valence-electron chi connectivity index (χ3n) is 6.33. The molecule has 1 aliphatic rings. The summed E-state index contributed by atoms with van der Waals surface area (Å²) >= 11 is 0. The Bertz CT molecular complexity index is 1120. The average Bonchev–Trinajstić information content (AvgIpc) is 3.16. The Morgan fingerprint density at radius 3 is 2.23 bits per heavy atom. The lowest BCUT2D eigenvalue weighted by Crippen LogP contribution is -2.19. The number of amides is 1. The molecule has 3 aromatic rings. The molecule has 3 N–H and O–H groups in total. The zero-order valence-electron chi connectivity index (χ0n) is 18.3. The number of aliphatic hydroxyl groups is 1. The van der Waals surface area contributed by atoms with Crippen molar-refractivity contribution in [3.63, 3.8) is 0 Å². The molecule has 4 rings (SSSR count). The number of allylic oxidation sites excluding steroid dienone is 1. The minimum Gasteiger partial charge on any atom is -0.393 e. The van der Waals surface area contributed by atoms with Crippen molar-refractivity contribution in [2.75, 3.05) is 0 Å². The molecule has 0 radical (unpaired) electrons. The molecule has 0 spiro atoms. The molecule has 5 nitrogen and oxygen atoms in total. The standard InChI is InChI=1S/C26H29N3O2/c1-17-16-24(25(27)31)28-29(17)22-12-10-21(11-13-22)26(2,3)20-8-4-18(5-9-20)19-6-14-23(30)15-7-19/h4-6,8-13,16,23,30H,7,14-15H2,1-3H3,(H2,27,31)/t23-/m0/s1. The van der Waals surface area contributed by atoms with E-state index in [-0.39, 0.29) is 17.2 Å². The maximum absolute atomic E-state index is 11.4. The lowest BCUT2D eigenvalue weighted by Gasteiger charge is -2.27. The first-order valence-electron chi connectivity index (χ1n) is 10.7. The fourth-order valence-electron chi connectivity index (χ4n) is 4.23. The van der Waals surface area contributed by atoms with Crippen molar-refractivity contribution < 1.29 is 9.90 Å². The summed E-state index contributed by atoms with van der Waals surface area (Å²) in [6, 6.07) is 18.7. The van der Waals surface area contributed by atoms with Gasteiger partial charge in [-0.15, -0.1) is 0 Å². The summed E-state index contributed by atoms with van der Waals surface area (Å²) in [5, 5.41) is 14.0. The van der Waals surface area contributed by atoms with Crippen LogP contribution in [0.15, 0.2) is 60.7 Å². The van der Waals surface area contributed by atoms with Crippen LogP contribution in [0.5, 0.6) is 0 Å². The van der Waals surface area contributed by atoms with Crippen LogP contribution >= 0.6 is 0 Å². The number of aliphatic hydroxyl groups excluding tert-OH is 1. The first kappa shape index (κ1) is 21.1. The van der Waals surface area contributed by atoms with E-state index < -0.39 is 5.91 Å². The minimum atomic E-state index is -0.525. The minimum absolute atomic E-state index is 0.161. The Balaban J connectivity index is 1.57. The van der Waals surface area contributed by atoms with Gasteiger partial charge in [0.25, 0.3) is 5.91 Å². The number of nitrogens with two attached hydrogens (primary N) is 1. The van der Waals surface area contributed by atoms with Crippen LogP contribution in [0.4, 0.5) is 0 Å². The number of hydrogen-bond donors (Lipinski definition) is 2. The van der Waals surface area contributed by atoms with E-state index in [4.69, 9.17) is 5.73 Å². The third kappa shape index (κ3) is 4.19. The second kappa shape index (κ2) is 8.16. The zero-order valence-corrected chi connectivity index (χ0v) is 18.3. The summed E-state index contributed by atoms with van der Waals surface area (Å²) in [5.74, 6) is -0.525. The summed E-state index contributed by atoms with van der Waals surface area (Å²) in [6.07, 6.45) is 4.47. The highest BCUT2D eigenvalue weighted by Gasteiger charge is 2.24. The smallest absolute Gasteiger partial charge is 0.269 e. The highest BCUT2D eigenvalue weighted by molar-refractivity contribution is 5.90. The maximum atomic E-state index is 11.4. The van der Waals surface area contributed by atoms with Crippen molar-refractivity contribution >= 4 is 11.5 Å². The van der Waals surface area contributed by atoms with Gasteiger partial charge in [0.2, 0.25) is 0 Å². The predicted molar refractivity (Wildman–Crippen MR) is 123 cm³/mol. The van der Waals surface area contributed by atoms with Gasteiger partial charge in [-0.2, -0.15) is 5.10 Å². The van der Waals surface area contributed by atoms with Crippen molar-refractivity contribution in [3.8, 4) is 5.69 Å². The van der Waals surface area contributed by atoms with E-state index in [1.165, 1.54) is 22.3 Å². The van der Waals surface area contributed by atoms with Crippen LogP contribution in [-0.2, 0) is 5.41 Å². The number of aromatic nitrogens is 2. The Kier molecular flexibility index (Phi) is 5.54. The van der Waals surface area contributed by atoms with Gasteiger partial charge in [0.15, 0.2) is 5.69 Å². The number of carbonyl (C=O) groups is 1. The Morgan fingerprint density at radius 2 is 1.71 bits per heavy atom. The lowest BCUT2D eigenvalue weighted by molar-refractivity contribution is 0.0995. The van der Waals surface area contributed by atoms with E-state index in [0.29, 0.717) is 0 Å². The second-order valence-corrected chi connectivity index (χ2v) is 8.85. The highest BCUT2D eigenvalue weighted by atomic mass is 16.3. The summed E-state index contributed by atoms with van der Waals surface area (Å²) in [6.45, 7) is 6.34. The summed E-state index contributed by atoms with van der Waals surface area (Å²) in [5.41, 5.74) is 12.2. The molecule has 1 atom stereocenters. The van der Waals surface area contributed by atoms with Gasteiger partial charge < -0.3 is 10.8 Å². The molecule has 2 aromatic carbocycles. The van der Waals surface area contributed by atoms with Crippen LogP contribution in [0.25, 0.3) is 11.3 Å². The first-order chi connectivity index (χ1) is 14.8. The van der Waals surface area contributed by atoms with E-state index >= 15 is 0 Å². The van der Waals surface area contributed by atoms with Crippen molar-refractivity contribution in [3.05, 3.63) is 88.8 Å². The molecule has 0 saturated heterocycles. The Morgan fingerprint density at radius 1 is 1.10 bits per heavy atom. The van der Waals surface area contributed by atoms with Gasteiger partial charge in [0.05, 0.1) is 11.8 Å². The van der Waals surface area contributed by atoms with Gasteiger partial charge in [-0.1, -0.05) is 56.3 Å². The van der Waals surface area contributed by atoms with Crippen molar-refractivity contribution in [1.29, 1.82) is 0 Å². The molecule has 1 amide bonds. The number of aryl methyl sites for hydroxylation is 1. The molecule has 0 saturated carbocycles. The molecule has 0 fully saturated rings. The second-order valence-electron chi connectivity index (χ2n) is 8.85. The molecule has 160 valence electrons. The van der Waals surface area contributed by atoms with Crippen LogP contribution < -0.4 is 5.73 Å². The molecular weight excluding hydrogens is 386 g/mol. The molecule has 1 heterocycles. The average molecular weight is 416 g/mol. The van der Waals surface area contributed by atoms with Crippen molar-refractivity contribution in [2.24, 2.45) is 5.73 Å². The molecule has 1 aliphatic carbocycles. The molecular formula is C26H29N3O2. The third-order valence-corrected chi connectivity index (χ3v) is 6.33. The van der Waals surface area contributed by atoms with Gasteiger partial charge in [-0.25, -0.2) is 4.68 Å². The monoisotopic (exact) mass is 415 g/mol. The van der Waals surface area contributed by atoms with Gasteiger partial charge in [0.1, 0.15) is 0 Å². The number of benzene rings is 2. The first-order valence-corrected chi connectivity index (χ1v) is 10.7. The molecule has 0 bridgehead atoms. The fourth-order valence-corrected chi connectivity index (χ4v) is 4.23. The maximum Gasteiger partial charge on any atom is 0.269 e. The van der Waals surface area contributed by atoms with Crippen molar-refractivity contribution in [1.82, 2.24) is 9.78 Å². The predicted octanol–water partition coefficient (Wildman–Crippen LogP) is 4.53. The summed E-state index contributed by atoms with van der Waals surface area (Å²) in [4.78, 5) is 11.4. The number of primary amides is 1. The Labute approximate surface area is 183 Å². The van der Waals surface area contributed by atoms with Crippen LogP contribution in [-0.4, -0.2) is 26.9 Å². The van der Waals surface area contributed by atoms with E-state index in [0.717, 1.165) is 30.6 Å². The quantitative estimate of drug-likeness (QED) is 0.642. The number of hydrogen-bond acceptors (Lipinski definition) is 3. The van der Waals surface area contributed by atoms with E-state index in [1.807, 2.05) is 19.1 Å². The Hall–Kier alpha value is -3.18. The number of carbonyl (C=O) groups excluding carboxylic acids is 1. The van der Waals surface area contributed by atoms with Gasteiger partial charge in [-0.3, -0.25) is 4.79 Å². The molecule has 31 heavy (non-hydrogen) atoms. The van der Waals surface area contributed by atoms with E-state index in [9.17, 15) is 9.90 Å². The summed E-state index contributed by atoms with van der Waals surface area (Å²) < 4.78 is 1.74. The molecule has 1 aromatic heterocycles. The van der Waals surface area contributed by atoms with Gasteiger partial charge in [0, 0.05) is 11.1 Å². The van der Waals surface area contributed by atoms with Crippen LogP contribution in [0.1, 0.15) is 66.0 Å². The lowest BCUT2D eigenvalue weighted by atomic mass is 9.77. The summed E-state index contributed by atoms with van der Waals surface area (Å²) in [7, 11) is 0. The van der Waals surface area contributed by atoms with E-state index in [2.05, 4.69) is 61.4 Å². The topological polar surface area (TPSA) is 81.1 Å². The number of nitrogens with zero attached hydrogens (tertiary/aromatic N) is 2. The van der Waals surface area contributed by atoms with Gasteiger partial charge >= 0.3 is 0 Å². The highest BCUT2D eigenvalue weighted by Crippen LogP contribution is 2.34. The fraction of sp³-hybridized carbons (Fsp3) is 0.308. The van der Waals surface area contributed by atoms with E-state index in [1.54, 1.807) is 10.7 Å². The molecule has 0 aliphatic heterocycles. The zero-order chi connectivity index (χ0) is 22.2. The van der Waals surface area contributed by atoms with Crippen molar-refractivity contribution in [2.45, 2.75) is 51.6 Å². The molecule has 5 heteroatoms. The number of rotatable bonds is 5. The normalized spacial score (nSPS) is 16.8.